The lowest BCUT2D eigenvalue weighted by atomic mass is 10.0. The van der Waals surface area contributed by atoms with Crippen molar-refractivity contribution in [1.82, 2.24) is 10.2 Å². The molecule has 0 aliphatic rings. The fourth-order valence-corrected chi connectivity index (χ4v) is 2.01. The predicted octanol–water partition coefficient (Wildman–Crippen LogP) is 0.0146. The summed E-state index contributed by atoms with van der Waals surface area (Å²) >= 11 is 0. The maximum Gasteiger partial charge on any atom is 0.339 e. The number of esters is 1. The summed E-state index contributed by atoms with van der Waals surface area (Å²) in [5.74, 6) is -3.32. The molecule has 148 valence electrons. The molecule has 2 N–H and O–H groups in total. The number of carbonyl (C=O) groups is 4. The minimum Gasteiger partial charge on any atom is -0.478 e. The maximum atomic E-state index is 12.2. The van der Waals surface area contributed by atoms with Gasteiger partial charge in [-0.05, 0) is 26.2 Å². The van der Waals surface area contributed by atoms with Crippen molar-refractivity contribution in [2.24, 2.45) is 0 Å². The SMILES string of the molecule is CNC(=O)c1cc(C(=O)O)c(C(=O)OCCOCCN(C)C)cc1OC=O. The second-order valence-corrected chi connectivity index (χ2v) is 5.54. The molecule has 1 amide bonds. The molecule has 1 aromatic rings. The second-order valence-electron chi connectivity index (χ2n) is 5.54. The zero-order valence-corrected chi connectivity index (χ0v) is 15.3. The van der Waals surface area contributed by atoms with Crippen LogP contribution in [0.1, 0.15) is 31.1 Å². The third kappa shape index (κ3) is 6.68. The van der Waals surface area contributed by atoms with Crippen LogP contribution in [0.15, 0.2) is 12.1 Å². The van der Waals surface area contributed by atoms with E-state index in [1.807, 2.05) is 19.0 Å². The molecule has 0 fully saturated rings. The number of ether oxygens (including phenoxy) is 3. The molecule has 1 aromatic carbocycles. The van der Waals surface area contributed by atoms with Gasteiger partial charge in [0, 0.05) is 13.6 Å². The zero-order chi connectivity index (χ0) is 20.4. The van der Waals surface area contributed by atoms with Crippen LogP contribution in [-0.2, 0) is 14.3 Å². The van der Waals surface area contributed by atoms with E-state index in [1.54, 1.807) is 0 Å². The highest BCUT2D eigenvalue weighted by Gasteiger charge is 2.24. The van der Waals surface area contributed by atoms with Gasteiger partial charge in [0.15, 0.2) is 0 Å². The number of carboxylic acid groups (broad SMARTS) is 1. The molecule has 0 radical (unpaired) electrons. The minimum atomic E-state index is -1.44. The Morgan fingerprint density at radius 1 is 1.11 bits per heavy atom. The van der Waals surface area contributed by atoms with Gasteiger partial charge in [0.1, 0.15) is 12.4 Å². The highest BCUT2D eigenvalue weighted by atomic mass is 16.6. The largest absolute Gasteiger partial charge is 0.478 e. The molecule has 0 heterocycles. The summed E-state index contributed by atoms with van der Waals surface area (Å²) in [6.07, 6.45) is 0. The smallest absolute Gasteiger partial charge is 0.339 e. The van der Waals surface area contributed by atoms with Crippen molar-refractivity contribution in [2.75, 3.05) is 47.5 Å². The summed E-state index contributed by atoms with van der Waals surface area (Å²) in [5.41, 5.74) is -1.00. The Kier molecular flexibility index (Phi) is 8.90. The molecule has 27 heavy (non-hydrogen) atoms. The summed E-state index contributed by atoms with van der Waals surface area (Å²) in [5, 5.41) is 11.6. The summed E-state index contributed by atoms with van der Waals surface area (Å²) in [4.78, 5) is 48.1. The average molecular weight is 382 g/mol. The fourth-order valence-electron chi connectivity index (χ4n) is 2.01. The standard InChI is InChI=1S/C17H22N2O8/c1-18-15(21)13-8-11(16(22)23)12(9-14(13)27-10-20)17(24)26-7-6-25-5-4-19(2)3/h8-10H,4-7H2,1-3H3,(H,18,21)(H,22,23). The number of hydrogen-bond donors (Lipinski definition) is 2. The van der Waals surface area contributed by atoms with Crippen LogP contribution in [0.5, 0.6) is 5.75 Å². The Balaban J connectivity index is 2.95. The van der Waals surface area contributed by atoms with Gasteiger partial charge < -0.3 is 29.5 Å². The Labute approximate surface area is 156 Å². The van der Waals surface area contributed by atoms with Crippen LogP contribution in [0, 0.1) is 0 Å². The van der Waals surface area contributed by atoms with E-state index >= 15 is 0 Å². The zero-order valence-electron chi connectivity index (χ0n) is 15.3. The highest BCUT2D eigenvalue weighted by Crippen LogP contribution is 2.25. The van der Waals surface area contributed by atoms with Crippen LogP contribution >= 0.6 is 0 Å². The summed E-state index contributed by atoms with van der Waals surface area (Å²) in [6.45, 7) is 1.26. The van der Waals surface area contributed by atoms with E-state index < -0.39 is 23.4 Å². The lowest BCUT2D eigenvalue weighted by molar-refractivity contribution is -0.120. The lowest BCUT2D eigenvalue weighted by Gasteiger charge is -2.13. The van der Waals surface area contributed by atoms with E-state index in [9.17, 15) is 24.3 Å². The van der Waals surface area contributed by atoms with Gasteiger partial charge in [-0.2, -0.15) is 0 Å². The second kappa shape index (κ2) is 10.9. The van der Waals surface area contributed by atoms with Crippen LogP contribution < -0.4 is 10.1 Å². The number of amides is 1. The topological polar surface area (TPSA) is 131 Å². The molecule has 10 nitrogen and oxygen atoms in total. The van der Waals surface area contributed by atoms with Crippen molar-refractivity contribution in [3.05, 3.63) is 28.8 Å². The number of nitrogens with one attached hydrogen (secondary N) is 1. The predicted molar refractivity (Wildman–Crippen MR) is 93.1 cm³/mol. The molecule has 0 unspecified atom stereocenters. The highest BCUT2D eigenvalue weighted by molar-refractivity contribution is 6.06. The van der Waals surface area contributed by atoms with Gasteiger partial charge in [0.05, 0.1) is 29.9 Å². The van der Waals surface area contributed by atoms with E-state index in [4.69, 9.17) is 14.2 Å². The molecule has 0 saturated carbocycles. The summed E-state index contributed by atoms with van der Waals surface area (Å²) in [6, 6.07) is 1.93. The maximum absolute atomic E-state index is 12.2. The first kappa shape index (κ1) is 22.1. The summed E-state index contributed by atoms with van der Waals surface area (Å²) in [7, 11) is 5.10. The van der Waals surface area contributed by atoms with Gasteiger partial charge in [-0.25, -0.2) is 9.59 Å². The van der Waals surface area contributed by atoms with Crippen LogP contribution in [0.25, 0.3) is 0 Å². The van der Waals surface area contributed by atoms with Crippen LogP contribution in [0.4, 0.5) is 0 Å². The molecule has 0 aliphatic heterocycles. The first-order valence-corrected chi connectivity index (χ1v) is 7.95. The van der Waals surface area contributed by atoms with Crippen molar-refractivity contribution in [3.8, 4) is 5.75 Å². The van der Waals surface area contributed by atoms with Crippen LogP contribution in [0.3, 0.4) is 0 Å². The quantitative estimate of drug-likeness (QED) is 0.309. The number of carboxylic acids is 1. The number of carbonyl (C=O) groups excluding carboxylic acids is 3. The van der Waals surface area contributed by atoms with Crippen molar-refractivity contribution >= 4 is 24.3 Å². The van der Waals surface area contributed by atoms with Gasteiger partial charge in [-0.15, -0.1) is 0 Å². The normalized spacial score (nSPS) is 10.4. The molecule has 1 rings (SSSR count). The third-order valence-corrected chi connectivity index (χ3v) is 3.36. The number of nitrogens with zero attached hydrogens (tertiary/aromatic N) is 1. The number of likely N-dealkylation sites (N-methyl/N-ethyl adjacent to an activating group) is 1. The summed E-state index contributed by atoms with van der Waals surface area (Å²) < 4.78 is 15.0. The molecule has 0 aliphatic carbocycles. The van der Waals surface area contributed by atoms with Gasteiger partial charge in [0.25, 0.3) is 12.4 Å². The molecule has 0 atom stereocenters. The molecule has 10 heteroatoms. The number of rotatable bonds is 11. The fraction of sp³-hybridized carbons (Fsp3) is 0.412. The van der Waals surface area contributed by atoms with Crippen LogP contribution in [-0.4, -0.2) is 81.8 Å². The Morgan fingerprint density at radius 3 is 2.37 bits per heavy atom. The van der Waals surface area contributed by atoms with E-state index in [2.05, 4.69) is 5.32 Å². The lowest BCUT2D eigenvalue weighted by Crippen LogP contribution is -2.22. The molecule has 0 spiro atoms. The number of aromatic carboxylic acids is 1. The van der Waals surface area contributed by atoms with E-state index in [0.29, 0.717) is 13.2 Å². The van der Waals surface area contributed by atoms with Crippen molar-refractivity contribution in [3.63, 3.8) is 0 Å². The van der Waals surface area contributed by atoms with Gasteiger partial charge in [-0.3, -0.25) is 9.59 Å². The average Bonchev–Trinajstić information content (AvgIpc) is 2.63. The van der Waals surface area contributed by atoms with Gasteiger partial charge in [-0.1, -0.05) is 0 Å². The van der Waals surface area contributed by atoms with Crippen molar-refractivity contribution in [2.45, 2.75) is 0 Å². The van der Waals surface area contributed by atoms with Crippen molar-refractivity contribution < 1.29 is 38.5 Å². The molecular formula is C17H22N2O8. The van der Waals surface area contributed by atoms with Crippen molar-refractivity contribution in [1.29, 1.82) is 0 Å². The molecule has 0 bridgehead atoms. The van der Waals surface area contributed by atoms with Crippen LogP contribution in [0.2, 0.25) is 0 Å². The Morgan fingerprint density at radius 2 is 1.81 bits per heavy atom. The number of hydrogen-bond acceptors (Lipinski definition) is 8. The van der Waals surface area contributed by atoms with E-state index in [0.717, 1.165) is 12.1 Å². The number of benzene rings is 1. The molecule has 0 saturated heterocycles. The van der Waals surface area contributed by atoms with Gasteiger partial charge in [0.2, 0.25) is 0 Å². The molecule has 0 aromatic heterocycles. The van der Waals surface area contributed by atoms with E-state index in [-0.39, 0.29) is 36.6 Å². The molecular weight excluding hydrogens is 360 g/mol. The Hall–Kier alpha value is -2.98. The van der Waals surface area contributed by atoms with Gasteiger partial charge >= 0.3 is 11.9 Å². The Bertz CT molecular complexity index is 702. The third-order valence-electron chi connectivity index (χ3n) is 3.36. The first-order chi connectivity index (χ1) is 12.8. The van der Waals surface area contributed by atoms with E-state index in [1.165, 1.54) is 7.05 Å². The first-order valence-electron chi connectivity index (χ1n) is 7.95. The minimum absolute atomic E-state index is 0.0654. The monoisotopic (exact) mass is 382 g/mol.